The molecule has 5 aromatic rings. The summed E-state index contributed by atoms with van der Waals surface area (Å²) in [4.78, 5) is 32.7. The number of rotatable bonds is 11. The Morgan fingerprint density at radius 2 is 1.64 bits per heavy atom. The molecule has 3 N–H and O–H groups in total. The molecule has 0 spiro atoms. The van der Waals surface area contributed by atoms with Gasteiger partial charge >= 0.3 is 5.97 Å². The van der Waals surface area contributed by atoms with Crippen LogP contribution in [0.5, 0.6) is 0 Å². The molecule has 6 rings (SSSR count). The lowest BCUT2D eigenvalue weighted by molar-refractivity contribution is -0.245. The second-order valence-electron chi connectivity index (χ2n) is 11.0. The van der Waals surface area contributed by atoms with Gasteiger partial charge in [0.25, 0.3) is 5.91 Å². The van der Waals surface area contributed by atoms with Crippen LogP contribution in [0.4, 0.5) is 0 Å². The lowest BCUT2D eigenvalue weighted by Crippen LogP contribution is -2.31. The summed E-state index contributed by atoms with van der Waals surface area (Å²) < 4.78 is 13.0. The Hall–Kier alpha value is -4.87. The smallest absolute Gasteiger partial charge is 0.338 e. The number of nitrogens with zero attached hydrogens (tertiary/aromatic N) is 2. The quantitative estimate of drug-likeness (QED) is 0.136. The molecule has 3 atom stereocenters. The topological polar surface area (TPSA) is 131 Å². The number of hydrogen-bond acceptors (Lipinski definition) is 8. The molecule has 1 aliphatic rings. The number of ether oxygens (including phenoxy) is 2. The first-order chi connectivity index (χ1) is 23.0. The van der Waals surface area contributed by atoms with Gasteiger partial charge in [-0.1, -0.05) is 72.8 Å². The zero-order chi connectivity index (χ0) is 32.6. The maximum atomic E-state index is 12.6. The second-order valence-corrected chi connectivity index (χ2v) is 12.0. The molecule has 3 heterocycles. The summed E-state index contributed by atoms with van der Waals surface area (Å²) in [6.45, 7) is 0.315. The molecule has 1 amide bonds. The number of carbonyl (C=O) groups is 2. The molecule has 3 aromatic carbocycles. The Labute approximate surface area is 276 Å². The number of benzene rings is 3. The molecule has 47 heavy (non-hydrogen) atoms. The van der Waals surface area contributed by atoms with Gasteiger partial charge < -0.3 is 25.0 Å². The van der Waals surface area contributed by atoms with E-state index < -0.39 is 12.3 Å². The number of thioether (sulfide) groups is 1. The van der Waals surface area contributed by atoms with Gasteiger partial charge in [-0.15, -0.1) is 11.8 Å². The van der Waals surface area contributed by atoms with E-state index in [0.717, 1.165) is 33.4 Å². The van der Waals surface area contributed by atoms with Gasteiger partial charge in [-0.05, 0) is 52.1 Å². The highest BCUT2D eigenvalue weighted by Crippen LogP contribution is 2.40. The minimum atomic E-state index is -1.02. The normalized spacial score (nSPS) is 17.6. The van der Waals surface area contributed by atoms with Crippen molar-refractivity contribution in [1.82, 2.24) is 15.3 Å². The molecule has 1 aliphatic heterocycles. The molecule has 238 valence electrons. The van der Waals surface area contributed by atoms with Gasteiger partial charge in [-0.2, -0.15) is 0 Å². The Bertz CT molecular complexity index is 1820. The summed E-state index contributed by atoms with van der Waals surface area (Å²) in [6.07, 6.45) is 4.12. The number of carboxylic acids is 1. The fraction of sp³-hybridized carbons (Fsp3) is 0.189. The lowest BCUT2D eigenvalue weighted by Gasteiger charge is -2.36. The molecular formula is C37H33N3O6S. The molecule has 1 saturated heterocycles. The molecule has 3 unspecified atom stereocenters. The second kappa shape index (κ2) is 15.1. The van der Waals surface area contributed by atoms with Crippen LogP contribution in [0.15, 0.2) is 121 Å². The standard InChI is InChI=1S/C37H33N3O6S/c41-22-24-9-11-26(12-10-24)33-19-30(23-47-35-32(36(43)44)8-4-18-39-35)45-37(46-33)27-15-13-25(14-16-27)31-7-2-1-5-28(31)21-40-34(42)29-6-3-17-38-20-29/h1-18,20,30,33,37,41H,19,21-23H2,(H,40,42)(H,43,44). The fourth-order valence-corrected chi connectivity index (χ4v) is 6.42. The first kappa shape index (κ1) is 32.1. The highest BCUT2D eigenvalue weighted by molar-refractivity contribution is 7.99. The van der Waals surface area contributed by atoms with E-state index >= 15 is 0 Å². The summed E-state index contributed by atoms with van der Waals surface area (Å²) in [5.41, 5.74) is 6.23. The molecule has 0 saturated carbocycles. The number of amides is 1. The van der Waals surface area contributed by atoms with E-state index in [9.17, 15) is 19.8 Å². The van der Waals surface area contributed by atoms with Gasteiger partial charge in [0.2, 0.25) is 0 Å². The molecule has 2 aromatic heterocycles. The van der Waals surface area contributed by atoms with Crippen LogP contribution < -0.4 is 5.32 Å². The highest BCUT2D eigenvalue weighted by Gasteiger charge is 2.32. The van der Waals surface area contributed by atoms with Crippen LogP contribution >= 0.6 is 11.8 Å². The first-order valence-corrected chi connectivity index (χ1v) is 16.1. The van der Waals surface area contributed by atoms with Crippen LogP contribution in [0.3, 0.4) is 0 Å². The molecule has 1 fully saturated rings. The summed E-state index contributed by atoms with van der Waals surface area (Å²) in [5, 5.41) is 22.5. The zero-order valence-corrected chi connectivity index (χ0v) is 26.2. The third-order valence-electron chi connectivity index (χ3n) is 7.90. The Morgan fingerprint density at radius 1 is 0.872 bits per heavy atom. The van der Waals surface area contributed by atoms with Crippen molar-refractivity contribution in [3.8, 4) is 11.1 Å². The Balaban J connectivity index is 1.20. The number of aliphatic hydroxyl groups excluding tert-OH is 1. The molecule has 0 radical (unpaired) electrons. The predicted octanol–water partition coefficient (Wildman–Crippen LogP) is 6.60. The summed E-state index contributed by atoms with van der Waals surface area (Å²) in [5.74, 6) is -0.727. The molecule has 9 nitrogen and oxygen atoms in total. The van der Waals surface area contributed by atoms with Crippen LogP contribution in [0.2, 0.25) is 0 Å². The average molecular weight is 648 g/mol. The average Bonchev–Trinajstić information content (AvgIpc) is 3.13. The Morgan fingerprint density at radius 3 is 2.38 bits per heavy atom. The molecule has 10 heteroatoms. The number of carboxylic acid groups (broad SMARTS) is 1. The number of aliphatic hydroxyl groups is 1. The van der Waals surface area contributed by atoms with Gasteiger partial charge in [0.1, 0.15) is 5.03 Å². The van der Waals surface area contributed by atoms with Crippen LogP contribution in [-0.2, 0) is 22.6 Å². The number of carbonyl (C=O) groups excluding carboxylic acids is 1. The summed E-state index contributed by atoms with van der Waals surface area (Å²) in [6, 6.07) is 30.2. The van der Waals surface area contributed by atoms with Crippen LogP contribution in [0.1, 0.15) is 61.8 Å². The van der Waals surface area contributed by atoms with E-state index in [-0.39, 0.29) is 30.3 Å². The van der Waals surface area contributed by atoms with Gasteiger partial charge in [0.15, 0.2) is 6.29 Å². The van der Waals surface area contributed by atoms with Gasteiger partial charge in [-0.25, -0.2) is 9.78 Å². The van der Waals surface area contributed by atoms with Crippen molar-refractivity contribution < 1.29 is 29.3 Å². The van der Waals surface area contributed by atoms with Crippen LogP contribution in [0, 0.1) is 0 Å². The number of hydrogen-bond donors (Lipinski definition) is 3. The number of nitrogens with one attached hydrogen (secondary N) is 1. The highest BCUT2D eigenvalue weighted by atomic mass is 32.2. The summed E-state index contributed by atoms with van der Waals surface area (Å²) >= 11 is 1.35. The maximum absolute atomic E-state index is 12.6. The number of aromatic nitrogens is 2. The minimum Gasteiger partial charge on any atom is -0.478 e. The number of aromatic carboxylic acids is 1. The summed E-state index contributed by atoms with van der Waals surface area (Å²) in [7, 11) is 0. The molecule has 0 bridgehead atoms. The van der Waals surface area contributed by atoms with Gasteiger partial charge in [0, 0.05) is 42.9 Å². The van der Waals surface area contributed by atoms with E-state index in [2.05, 4.69) is 15.3 Å². The lowest BCUT2D eigenvalue weighted by atomic mass is 9.97. The van der Waals surface area contributed by atoms with Crippen molar-refractivity contribution in [2.45, 2.75) is 43.1 Å². The number of pyridine rings is 2. The monoisotopic (exact) mass is 647 g/mol. The van der Waals surface area contributed by atoms with Crippen molar-refractivity contribution in [2.75, 3.05) is 5.75 Å². The zero-order valence-electron chi connectivity index (χ0n) is 25.4. The van der Waals surface area contributed by atoms with E-state index in [1.807, 2.05) is 72.8 Å². The minimum absolute atomic E-state index is 0.0425. The molecule has 0 aliphatic carbocycles. The fourth-order valence-electron chi connectivity index (χ4n) is 5.41. The van der Waals surface area contributed by atoms with E-state index in [0.29, 0.717) is 29.3 Å². The van der Waals surface area contributed by atoms with E-state index in [1.165, 1.54) is 11.8 Å². The van der Waals surface area contributed by atoms with Crippen molar-refractivity contribution in [2.24, 2.45) is 0 Å². The first-order valence-electron chi connectivity index (χ1n) is 15.2. The third kappa shape index (κ3) is 7.93. The maximum Gasteiger partial charge on any atom is 0.338 e. The van der Waals surface area contributed by atoms with E-state index in [1.54, 1.807) is 42.9 Å². The van der Waals surface area contributed by atoms with Crippen molar-refractivity contribution in [3.63, 3.8) is 0 Å². The molecular weight excluding hydrogens is 614 g/mol. The van der Waals surface area contributed by atoms with Crippen molar-refractivity contribution in [3.05, 3.63) is 149 Å². The largest absolute Gasteiger partial charge is 0.478 e. The van der Waals surface area contributed by atoms with Gasteiger partial charge in [-0.3, -0.25) is 9.78 Å². The predicted molar refractivity (Wildman–Crippen MR) is 178 cm³/mol. The van der Waals surface area contributed by atoms with E-state index in [4.69, 9.17) is 9.47 Å². The third-order valence-corrected chi connectivity index (χ3v) is 9.03. The van der Waals surface area contributed by atoms with Crippen LogP contribution in [-0.4, -0.2) is 43.9 Å². The van der Waals surface area contributed by atoms with Crippen molar-refractivity contribution >= 4 is 23.6 Å². The Kier molecular flexibility index (Phi) is 10.3. The van der Waals surface area contributed by atoms with Crippen LogP contribution in [0.25, 0.3) is 11.1 Å². The van der Waals surface area contributed by atoms with Gasteiger partial charge in [0.05, 0.1) is 29.9 Å². The van der Waals surface area contributed by atoms with Crippen molar-refractivity contribution in [1.29, 1.82) is 0 Å². The SMILES string of the molecule is O=C(NCc1ccccc1-c1ccc(C2OC(CSc3ncccc3C(=O)O)CC(c3ccc(CO)cc3)O2)cc1)c1cccnc1.